The van der Waals surface area contributed by atoms with Gasteiger partial charge in [-0.15, -0.1) is 0 Å². The Bertz CT molecular complexity index is 1420. The Balaban J connectivity index is 1.14. The van der Waals surface area contributed by atoms with Gasteiger partial charge in [0.2, 0.25) is 5.95 Å². The number of carbonyl (C=O) groups is 2. The molecule has 1 saturated heterocycles. The fourth-order valence-electron chi connectivity index (χ4n) is 6.57. The number of esters is 1. The number of piperidine rings is 1. The minimum Gasteiger partial charge on any atom is -0.462 e. The van der Waals surface area contributed by atoms with Crippen molar-refractivity contribution in [1.29, 1.82) is 0 Å². The van der Waals surface area contributed by atoms with E-state index in [1.165, 1.54) is 12.8 Å². The third-order valence-electron chi connectivity index (χ3n) is 9.03. The lowest BCUT2D eigenvalue weighted by molar-refractivity contribution is 0.0527. The van der Waals surface area contributed by atoms with Gasteiger partial charge in [0.15, 0.2) is 17.0 Å². The van der Waals surface area contributed by atoms with Gasteiger partial charge in [0.1, 0.15) is 0 Å². The second-order valence-electron chi connectivity index (χ2n) is 12.0. The van der Waals surface area contributed by atoms with E-state index in [1.54, 1.807) is 36.1 Å². The van der Waals surface area contributed by atoms with Crippen LogP contribution in [0.3, 0.4) is 0 Å². The average Bonchev–Trinajstić information content (AvgIpc) is 3.70. The number of anilines is 3. The van der Waals surface area contributed by atoms with Crippen molar-refractivity contribution in [1.82, 2.24) is 24.4 Å². The SMILES string of the molecule is CCOC(=O)c1ccccc1NC(=O)N1CCC(Nc2nc(N[C@H]3CC[C@H](N)CC3)nc3c2ncn3C2CCCC2)CC1. The highest BCUT2D eigenvalue weighted by Crippen LogP contribution is 2.34. The number of aromatic nitrogens is 4. The van der Waals surface area contributed by atoms with Crippen molar-refractivity contribution in [3.05, 3.63) is 36.2 Å². The highest BCUT2D eigenvalue weighted by atomic mass is 16.5. The first kappa shape index (κ1) is 29.2. The molecule has 2 amide bonds. The summed E-state index contributed by atoms with van der Waals surface area (Å²) in [4.78, 5) is 41.9. The predicted octanol–water partition coefficient (Wildman–Crippen LogP) is 4.91. The first-order valence-electron chi connectivity index (χ1n) is 15.8. The van der Waals surface area contributed by atoms with Crippen molar-refractivity contribution >= 4 is 40.6 Å². The van der Waals surface area contributed by atoms with Crippen LogP contribution in [0.15, 0.2) is 30.6 Å². The molecule has 2 aliphatic carbocycles. The van der Waals surface area contributed by atoms with Gasteiger partial charge in [0, 0.05) is 37.3 Å². The number of benzene rings is 1. The van der Waals surface area contributed by atoms with Crippen LogP contribution in [-0.2, 0) is 4.74 Å². The minimum absolute atomic E-state index is 0.131. The number of hydrogen-bond donors (Lipinski definition) is 4. The monoisotopic (exact) mass is 589 g/mol. The second kappa shape index (κ2) is 13.2. The van der Waals surface area contributed by atoms with Gasteiger partial charge in [0.05, 0.1) is 24.2 Å². The van der Waals surface area contributed by atoms with E-state index in [1.807, 2.05) is 6.33 Å². The predicted molar refractivity (Wildman–Crippen MR) is 166 cm³/mol. The van der Waals surface area contributed by atoms with Crippen LogP contribution in [-0.4, -0.2) is 74.2 Å². The molecule has 0 radical (unpaired) electrons. The number of rotatable bonds is 8. The molecule has 0 bridgehead atoms. The summed E-state index contributed by atoms with van der Waals surface area (Å²) in [6, 6.07) is 7.83. The van der Waals surface area contributed by atoms with Crippen LogP contribution >= 0.6 is 0 Å². The summed E-state index contributed by atoms with van der Waals surface area (Å²) in [7, 11) is 0. The maximum Gasteiger partial charge on any atom is 0.340 e. The van der Waals surface area contributed by atoms with Crippen molar-refractivity contribution in [2.24, 2.45) is 5.73 Å². The molecule has 2 saturated carbocycles. The van der Waals surface area contributed by atoms with Crippen LogP contribution in [0, 0.1) is 0 Å². The lowest BCUT2D eigenvalue weighted by Crippen LogP contribution is -2.44. The largest absolute Gasteiger partial charge is 0.462 e. The number of carbonyl (C=O) groups excluding carboxylic acids is 2. The standard InChI is InChI=1S/C31H43N9O3/c1-2-43-29(41)24-9-5-6-10-25(24)36-31(42)39-17-15-22(16-18-39)34-27-26-28(40(19-33-26)23-7-3-4-8-23)38-30(37-27)35-21-13-11-20(32)12-14-21/h5-6,9-10,19-23H,2-4,7-8,11-18,32H2,1H3,(H,36,42)(H2,34,35,37,38)/t20-,21-. The molecule has 3 aromatic rings. The molecule has 0 spiro atoms. The van der Waals surface area contributed by atoms with Crippen molar-refractivity contribution in [2.75, 3.05) is 35.6 Å². The van der Waals surface area contributed by atoms with Crippen LogP contribution < -0.4 is 21.7 Å². The zero-order valence-corrected chi connectivity index (χ0v) is 24.9. The van der Waals surface area contributed by atoms with Crippen LogP contribution in [0.1, 0.15) is 87.5 Å². The van der Waals surface area contributed by atoms with Gasteiger partial charge >= 0.3 is 12.0 Å². The number of nitrogens with one attached hydrogen (secondary N) is 3. The Hall–Kier alpha value is -3.93. The fraction of sp³-hybridized carbons (Fsp3) is 0.581. The number of nitrogens with two attached hydrogens (primary N) is 1. The number of urea groups is 1. The summed E-state index contributed by atoms with van der Waals surface area (Å²) < 4.78 is 7.38. The number of hydrogen-bond acceptors (Lipinski definition) is 9. The normalized spacial score (nSPS) is 21.6. The highest BCUT2D eigenvalue weighted by Gasteiger charge is 2.27. The zero-order valence-electron chi connectivity index (χ0n) is 24.9. The molecule has 230 valence electrons. The van der Waals surface area contributed by atoms with Gasteiger partial charge in [-0.05, 0) is 70.4 Å². The first-order valence-corrected chi connectivity index (χ1v) is 15.8. The molecule has 6 rings (SSSR count). The summed E-state index contributed by atoms with van der Waals surface area (Å²) in [5.74, 6) is 0.920. The maximum atomic E-state index is 13.1. The Labute approximate surface area is 252 Å². The smallest absolute Gasteiger partial charge is 0.340 e. The van der Waals surface area contributed by atoms with E-state index in [0.29, 0.717) is 42.4 Å². The molecule has 3 fully saturated rings. The number of fused-ring (bicyclic) bond motifs is 1. The Morgan fingerprint density at radius 2 is 1.67 bits per heavy atom. The van der Waals surface area contributed by atoms with Gasteiger partial charge in [0.25, 0.3) is 0 Å². The number of likely N-dealkylation sites (tertiary alicyclic amines) is 1. The number of para-hydroxylation sites is 1. The van der Waals surface area contributed by atoms with E-state index < -0.39 is 5.97 Å². The van der Waals surface area contributed by atoms with E-state index in [2.05, 4.69) is 20.5 Å². The number of nitrogens with zero attached hydrogens (tertiary/aromatic N) is 5. The molecule has 5 N–H and O–H groups in total. The summed E-state index contributed by atoms with van der Waals surface area (Å²) in [6.45, 7) is 3.18. The van der Waals surface area contributed by atoms with Gasteiger partial charge in [-0.2, -0.15) is 9.97 Å². The summed E-state index contributed by atoms with van der Waals surface area (Å²) in [5.41, 5.74) is 8.60. The van der Waals surface area contributed by atoms with Crippen molar-refractivity contribution in [3.8, 4) is 0 Å². The molecule has 0 atom stereocenters. The lowest BCUT2D eigenvalue weighted by atomic mass is 9.92. The molecular formula is C31H43N9O3. The zero-order chi connectivity index (χ0) is 29.8. The first-order chi connectivity index (χ1) is 21.0. The van der Waals surface area contributed by atoms with Crippen molar-refractivity contribution in [2.45, 2.75) is 95.3 Å². The Morgan fingerprint density at radius 1 is 0.953 bits per heavy atom. The van der Waals surface area contributed by atoms with Crippen LogP contribution in [0.25, 0.3) is 11.2 Å². The quantitative estimate of drug-likeness (QED) is 0.269. The molecule has 2 aromatic heterocycles. The molecule has 12 nitrogen and oxygen atoms in total. The minimum atomic E-state index is -0.450. The molecule has 3 aliphatic rings. The van der Waals surface area contributed by atoms with Crippen molar-refractivity contribution in [3.63, 3.8) is 0 Å². The third-order valence-corrected chi connectivity index (χ3v) is 9.03. The van der Waals surface area contributed by atoms with E-state index >= 15 is 0 Å². The molecule has 12 heteroatoms. The molecular weight excluding hydrogens is 546 g/mol. The lowest BCUT2D eigenvalue weighted by Gasteiger charge is -2.33. The van der Waals surface area contributed by atoms with Crippen LogP contribution in [0.2, 0.25) is 0 Å². The van der Waals surface area contributed by atoms with Crippen molar-refractivity contribution < 1.29 is 14.3 Å². The molecule has 1 aromatic carbocycles. The van der Waals surface area contributed by atoms with Gasteiger partial charge in [-0.1, -0.05) is 25.0 Å². The van der Waals surface area contributed by atoms with E-state index in [0.717, 1.165) is 68.3 Å². The molecule has 3 heterocycles. The number of amides is 2. The second-order valence-corrected chi connectivity index (χ2v) is 12.0. The number of ether oxygens (including phenoxy) is 1. The summed E-state index contributed by atoms with van der Waals surface area (Å²) >= 11 is 0. The third kappa shape index (κ3) is 6.69. The van der Waals surface area contributed by atoms with E-state index in [9.17, 15) is 9.59 Å². The van der Waals surface area contributed by atoms with E-state index in [-0.39, 0.29) is 24.7 Å². The molecule has 1 aliphatic heterocycles. The summed E-state index contributed by atoms with van der Waals surface area (Å²) in [6.07, 6.45) is 12.2. The fourth-order valence-corrected chi connectivity index (χ4v) is 6.57. The van der Waals surface area contributed by atoms with Gasteiger partial charge in [-0.3, -0.25) is 0 Å². The topological polar surface area (TPSA) is 152 Å². The molecule has 0 unspecified atom stereocenters. The van der Waals surface area contributed by atoms with Gasteiger partial charge < -0.3 is 35.9 Å². The Morgan fingerprint density at radius 3 is 2.42 bits per heavy atom. The van der Waals surface area contributed by atoms with E-state index in [4.69, 9.17) is 25.4 Å². The highest BCUT2D eigenvalue weighted by molar-refractivity contribution is 6.00. The van der Waals surface area contributed by atoms with Crippen LogP contribution in [0.5, 0.6) is 0 Å². The Kier molecular flexibility index (Phi) is 8.92. The van der Waals surface area contributed by atoms with Crippen LogP contribution in [0.4, 0.5) is 22.2 Å². The summed E-state index contributed by atoms with van der Waals surface area (Å²) in [5, 5.41) is 10.1. The van der Waals surface area contributed by atoms with Gasteiger partial charge in [-0.25, -0.2) is 14.6 Å². The number of imidazole rings is 1. The molecule has 43 heavy (non-hydrogen) atoms. The maximum absolute atomic E-state index is 13.1. The average molecular weight is 590 g/mol.